The van der Waals surface area contributed by atoms with Crippen molar-refractivity contribution in [3.8, 4) is 28.4 Å². The van der Waals surface area contributed by atoms with Gasteiger partial charge in [-0.2, -0.15) is 0 Å². The van der Waals surface area contributed by atoms with E-state index in [0.29, 0.717) is 27.7 Å². The third-order valence-electron chi connectivity index (χ3n) is 5.60. The second kappa shape index (κ2) is 8.75. The Labute approximate surface area is 198 Å². The van der Waals surface area contributed by atoms with E-state index in [9.17, 15) is 24.5 Å². The average molecular weight is 467 g/mol. The highest BCUT2D eigenvalue weighted by Gasteiger charge is 2.18. The number of carbonyl (C=O) groups is 1. The van der Waals surface area contributed by atoms with Crippen LogP contribution in [0.3, 0.4) is 0 Å². The lowest BCUT2D eigenvalue weighted by molar-refractivity contribution is 0.0697. The summed E-state index contributed by atoms with van der Waals surface area (Å²) < 4.78 is 15.0. The molecule has 0 amide bonds. The molecular weight excluding hydrogens is 449 g/mol. The molecule has 5 rings (SSSR count). The van der Waals surface area contributed by atoms with Crippen LogP contribution in [-0.2, 0) is 0 Å². The van der Waals surface area contributed by atoms with E-state index in [4.69, 9.17) is 0 Å². The summed E-state index contributed by atoms with van der Waals surface area (Å²) in [7, 11) is 0. The molecule has 0 spiro atoms. The number of phenolic OH excluding ortho intramolecular Hbond substituents is 1. The molecule has 0 aliphatic heterocycles. The van der Waals surface area contributed by atoms with E-state index in [1.54, 1.807) is 60.7 Å². The highest BCUT2D eigenvalue weighted by atomic mass is 19.1. The first kappa shape index (κ1) is 21.8. The van der Waals surface area contributed by atoms with Crippen LogP contribution in [0.4, 0.5) is 15.8 Å². The summed E-state index contributed by atoms with van der Waals surface area (Å²) in [6.07, 6.45) is 0. The number of azo groups is 1. The summed E-state index contributed by atoms with van der Waals surface area (Å²) in [5.41, 5.74) is 2.51. The summed E-state index contributed by atoms with van der Waals surface area (Å²) in [4.78, 5) is 11.3. The Hall–Kier alpha value is -4.98. The standard InChI is InChI=1S/C27H18FN3O4/c28-18-11-13-19(14-12-18)31-23-10-2-1-7-21(23)24(26(31)33)30-29-22-9-4-8-20(25(22)32)16-5-3-6-17(15-16)27(34)35/h1-15,32-33H,(H,34,35). The molecule has 0 aliphatic rings. The fourth-order valence-corrected chi connectivity index (χ4v) is 3.93. The number of rotatable bonds is 5. The number of para-hydroxylation sites is 2. The van der Waals surface area contributed by atoms with Gasteiger partial charge in [-0.15, -0.1) is 10.2 Å². The zero-order valence-electron chi connectivity index (χ0n) is 18.1. The van der Waals surface area contributed by atoms with E-state index >= 15 is 0 Å². The summed E-state index contributed by atoms with van der Waals surface area (Å²) in [6.45, 7) is 0. The molecule has 3 N–H and O–H groups in total. The maximum absolute atomic E-state index is 13.4. The van der Waals surface area contributed by atoms with Crippen LogP contribution < -0.4 is 0 Å². The van der Waals surface area contributed by atoms with Crippen LogP contribution in [0, 0.1) is 5.82 Å². The summed E-state index contributed by atoms with van der Waals surface area (Å²) in [6, 6.07) is 23.9. The average Bonchev–Trinajstić information content (AvgIpc) is 3.15. The van der Waals surface area contributed by atoms with Crippen LogP contribution in [0.2, 0.25) is 0 Å². The molecule has 7 nitrogen and oxygen atoms in total. The van der Waals surface area contributed by atoms with Crippen molar-refractivity contribution in [1.82, 2.24) is 4.57 Å². The minimum absolute atomic E-state index is 0.0902. The minimum Gasteiger partial charge on any atom is -0.505 e. The molecule has 0 unspecified atom stereocenters. The van der Waals surface area contributed by atoms with Crippen molar-refractivity contribution < 1.29 is 24.5 Å². The lowest BCUT2D eigenvalue weighted by Gasteiger charge is -2.07. The first-order valence-corrected chi connectivity index (χ1v) is 10.6. The van der Waals surface area contributed by atoms with E-state index in [2.05, 4.69) is 10.2 Å². The van der Waals surface area contributed by atoms with Crippen molar-refractivity contribution in [2.24, 2.45) is 10.2 Å². The van der Waals surface area contributed by atoms with E-state index in [1.807, 2.05) is 6.07 Å². The van der Waals surface area contributed by atoms with Crippen molar-refractivity contribution in [3.63, 3.8) is 0 Å². The fourth-order valence-electron chi connectivity index (χ4n) is 3.93. The molecular formula is C27H18FN3O4. The largest absolute Gasteiger partial charge is 0.505 e. The van der Waals surface area contributed by atoms with Gasteiger partial charge in [-0.05, 0) is 54.1 Å². The third-order valence-corrected chi connectivity index (χ3v) is 5.60. The second-order valence-electron chi connectivity index (χ2n) is 7.76. The Morgan fingerprint density at radius 2 is 1.57 bits per heavy atom. The van der Waals surface area contributed by atoms with E-state index < -0.39 is 11.8 Å². The van der Waals surface area contributed by atoms with Gasteiger partial charge < -0.3 is 15.3 Å². The highest BCUT2D eigenvalue weighted by Crippen LogP contribution is 2.43. The first-order chi connectivity index (χ1) is 16.9. The number of carboxylic acids is 1. The normalized spacial score (nSPS) is 11.3. The molecule has 8 heteroatoms. The van der Waals surface area contributed by atoms with Crippen molar-refractivity contribution in [3.05, 3.63) is 102 Å². The number of nitrogens with zero attached hydrogens (tertiary/aromatic N) is 3. The lowest BCUT2D eigenvalue weighted by Crippen LogP contribution is -1.95. The van der Waals surface area contributed by atoms with Crippen molar-refractivity contribution in [2.45, 2.75) is 0 Å². The van der Waals surface area contributed by atoms with Crippen LogP contribution >= 0.6 is 0 Å². The van der Waals surface area contributed by atoms with Crippen molar-refractivity contribution >= 4 is 28.2 Å². The SMILES string of the molecule is O=C(O)c1cccc(-c2cccc(N=Nc3c(O)n(-c4ccc(F)cc4)c4ccccc34)c2O)c1. The molecule has 1 aromatic heterocycles. The third kappa shape index (κ3) is 3.97. The van der Waals surface area contributed by atoms with Crippen LogP contribution in [0.25, 0.3) is 27.7 Å². The molecule has 5 aromatic rings. The number of hydrogen-bond donors (Lipinski definition) is 3. The van der Waals surface area contributed by atoms with E-state index in [0.717, 1.165) is 0 Å². The van der Waals surface area contributed by atoms with Crippen LogP contribution in [0.5, 0.6) is 11.6 Å². The number of hydrogen-bond acceptors (Lipinski definition) is 5. The second-order valence-corrected chi connectivity index (χ2v) is 7.76. The quantitative estimate of drug-likeness (QED) is 0.243. The summed E-state index contributed by atoms with van der Waals surface area (Å²) in [5, 5.41) is 40.1. The molecule has 0 fully saturated rings. The first-order valence-electron chi connectivity index (χ1n) is 10.6. The molecule has 1 heterocycles. The number of halogens is 1. The molecule has 0 saturated carbocycles. The molecule has 0 atom stereocenters. The minimum atomic E-state index is -1.07. The molecule has 0 saturated heterocycles. The van der Waals surface area contributed by atoms with Gasteiger partial charge in [-0.1, -0.05) is 42.5 Å². The van der Waals surface area contributed by atoms with Gasteiger partial charge in [0.05, 0.1) is 11.1 Å². The maximum Gasteiger partial charge on any atom is 0.335 e. The topological polar surface area (TPSA) is 107 Å². The van der Waals surface area contributed by atoms with Gasteiger partial charge in [0.1, 0.15) is 11.5 Å². The molecule has 4 aromatic carbocycles. The Bertz CT molecular complexity index is 1610. The summed E-state index contributed by atoms with van der Waals surface area (Å²) in [5.74, 6) is -1.84. The Morgan fingerprint density at radius 3 is 2.34 bits per heavy atom. The molecule has 172 valence electrons. The summed E-state index contributed by atoms with van der Waals surface area (Å²) >= 11 is 0. The van der Waals surface area contributed by atoms with Gasteiger partial charge in [-0.3, -0.25) is 4.57 Å². The van der Waals surface area contributed by atoms with Gasteiger partial charge in [-0.25, -0.2) is 9.18 Å². The Kier molecular flexibility index (Phi) is 5.46. The Morgan fingerprint density at radius 1 is 0.829 bits per heavy atom. The molecule has 35 heavy (non-hydrogen) atoms. The van der Waals surface area contributed by atoms with Gasteiger partial charge in [0.2, 0.25) is 5.88 Å². The fraction of sp³-hybridized carbons (Fsp3) is 0. The van der Waals surface area contributed by atoms with Gasteiger partial charge in [0.25, 0.3) is 0 Å². The van der Waals surface area contributed by atoms with Gasteiger partial charge in [0.15, 0.2) is 11.4 Å². The smallest absolute Gasteiger partial charge is 0.335 e. The number of aromatic nitrogens is 1. The molecule has 0 bridgehead atoms. The molecule has 0 radical (unpaired) electrons. The van der Waals surface area contributed by atoms with Gasteiger partial charge >= 0.3 is 5.97 Å². The van der Waals surface area contributed by atoms with Crippen LogP contribution in [-0.4, -0.2) is 25.9 Å². The molecule has 0 aliphatic carbocycles. The Balaban J connectivity index is 1.59. The highest BCUT2D eigenvalue weighted by molar-refractivity contribution is 5.96. The number of carboxylic acid groups (broad SMARTS) is 1. The number of aromatic hydroxyl groups is 2. The number of aromatic carboxylic acids is 1. The lowest BCUT2D eigenvalue weighted by atomic mass is 10.0. The number of phenols is 1. The number of fused-ring (bicyclic) bond motifs is 1. The van der Waals surface area contributed by atoms with Crippen LogP contribution in [0.1, 0.15) is 10.4 Å². The van der Waals surface area contributed by atoms with Crippen molar-refractivity contribution in [1.29, 1.82) is 0 Å². The van der Waals surface area contributed by atoms with Crippen LogP contribution in [0.15, 0.2) is 101 Å². The van der Waals surface area contributed by atoms with E-state index in [-0.39, 0.29) is 28.6 Å². The van der Waals surface area contributed by atoms with Gasteiger partial charge in [0, 0.05) is 16.6 Å². The number of benzene rings is 4. The zero-order chi connectivity index (χ0) is 24.5. The maximum atomic E-state index is 13.4. The van der Waals surface area contributed by atoms with Crippen molar-refractivity contribution in [2.75, 3.05) is 0 Å². The predicted molar refractivity (Wildman–Crippen MR) is 130 cm³/mol. The zero-order valence-corrected chi connectivity index (χ0v) is 18.1. The van der Waals surface area contributed by atoms with E-state index in [1.165, 1.54) is 28.8 Å². The predicted octanol–water partition coefficient (Wildman–Crippen LogP) is 6.96. The monoisotopic (exact) mass is 467 g/mol.